The zero-order valence-electron chi connectivity index (χ0n) is 18.7. The number of nitrogens with zero attached hydrogens (tertiary/aromatic N) is 3. The highest BCUT2D eigenvalue weighted by molar-refractivity contribution is 7.98. The lowest BCUT2D eigenvalue weighted by atomic mass is 10.2. The molecule has 1 aromatic heterocycles. The summed E-state index contributed by atoms with van der Waals surface area (Å²) in [5.41, 5.74) is 4.53. The summed E-state index contributed by atoms with van der Waals surface area (Å²) in [6, 6.07) is 19.3. The monoisotopic (exact) mass is 495 g/mol. The van der Waals surface area contributed by atoms with Crippen LogP contribution in [0.4, 0.5) is 14.9 Å². The molecule has 0 bridgehead atoms. The average molecular weight is 496 g/mol. The molecule has 4 rings (SSSR count). The first-order valence-corrected chi connectivity index (χ1v) is 11.9. The van der Waals surface area contributed by atoms with Gasteiger partial charge in [0, 0.05) is 22.2 Å². The first-order chi connectivity index (χ1) is 16.4. The first-order valence-electron chi connectivity index (χ1n) is 10.6. The Morgan fingerprint density at radius 3 is 2.47 bits per heavy atom. The highest BCUT2D eigenvalue weighted by Gasteiger charge is 2.16. The second-order valence-electron chi connectivity index (χ2n) is 7.76. The van der Waals surface area contributed by atoms with Crippen LogP contribution in [0.1, 0.15) is 22.5 Å². The first kappa shape index (κ1) is 23.8. The minimum Gasteiger partial charge on any atom is -0.331 e. The van der Waals surface area contributed by atoms with Gasteiger partial charge in [0.25, 0.3) is 0 Å². The summed E-state index contributed by atoms with van der Waals surface area (Å²) >= 11 is 7.63. The number of benzene rings is 3. The van der Waals surface area contributed by atoms with E-state index < -0.39 is 0 Å². The van der Waals surface area contributed by atoms with Crippen LogP contribution in [-0.2, 0) is 12.3 Å². The van der Waals surface area contributed by atoms with Crippen LogP contribution in [0.2, 0.25) is 5.02 Å². The largest absolute Gasteiger partial charge is 0.331 e. The molecular formula is C25H23ClFN5OS. The highest BCUT2D eigenvalue weighted by atomic mass is 35.5. The van der Waals surface area contributed by atoms with Gasteiger partial charge in [0.15, 0.2) is 11.0 Å². The molecule has 9 heteroatoms. The van der Waals surface area contributed by atoms with Gasteiger partial charge in [0.05, 0.1) is 6.54 Å². The summed E-state index contributed by atoms with van der Waals surface area (Å²) in [7, 11) is 0. The molecule has 0 aliphatic heterocycles. The fraction of sp³-hybridized carbons (Fsp3) is 0.160. The maximum Gasteiger partial charge on any atom is 0.319 e. The predicted octanol–water partition coefficient (Wildman–Crippen LogP) is 6.29. The number of halogens is 2. The van der Waals surface area contributed by atoms with Crippen molar-refractivity contribution in [2.75, 3.05) is 5.32 Å². The summed E-state index contributed by atoms with van der Waals surface area (Å²) in [5.74, 6) is 0.922. The summed E-state index contributed by atoms with van der Waals surface area (Å²) < 4.78 is 15.1. The van der Waals surface area contributed by atoms with Gasteiger partial charge in [-0.15, -0.1) is 10.2 Å². The van der Waals surface area contributed by atoms with Crippen molar-refractivity contribution in [3.8, 4) is 5.69 Å². The van der Waals surface area contributed by atoms with E-state index in [1.54, 1.807) is 24.3 Å². The summed E-state index contributed by atoms with van der Waals surface area (Å²) in [6.45, 7) is 4.09. The van der Waals surface area contributed by atoms with Crippen molar-refractivity contribution in [3.05, 3.63) is 100 Å². The van der Waals surface area contributed by atoms with E-state index in [0.717, 1.165) is 22.4 Å². The third kappa shape index (κ3) is 5.95. The van der Waals surface area contributed by atoms with Crippen LogP contribution >= 0.6 is 23.4 Å². The normalized spacial score (nSPS) is 10.8. The predicted molar refractivity (Wildman–Crippen MR) is 134 cm³/mol. The molecule has 0 saturated carbocycles. The summed E-state index contributed by atoms with van der Waals surface area (Å²) in [5, 5.41) is 15.5. The van der Waals surface area contributed by atoms with E-state index in [1.807, 2.05) is 48.7 Å². The number of hydrogen-bond acceptors (Lipinski definition) is 4. The number of hydrogen-bond donors (Lipinski definition) is 2. The SMILES string of the molecule is Cc1ccc(-n2c(CNC(=O)Nc3ccc(C)c(Cl)c3)nnc2SCc2ccc(F)cc2)cc1. The Bertz CT molecular complexity index is 1290. The van der Waals surface area contributed by atoms with E-state index in [9.17, 15) is 9.18 Å². The highest BCUT2D eigenvalue weighted by Crippen LogP contribution is 2.26. The molecule has 6 nitrogen and oxygen atoms in total. The number of aryl methyl sites for hydroxylation is 2. The second-order valence-corrected chi connectivity index (χ2v) is 9.11. The molecule has 0 spiro atoms. The Labute approximate surface area is 206 Å². The second kappa shape index (κ2) is 10.7. The summed E-state index contributed by atoms with van der Waals surface area (Å²) in [4.78, 5) is 12.5. The van der Waals surface area contributed by atoms with Gasteiger partial charge < -0.3 is 10.6 Å². The standard InChI is InChI=1S/C25H23ClFN5OS/c1-16-3-11-21(12-4-16)32-23(14-28-24(33)29-20-10-5-17(2)22(26)13-20)30-31-25(32)34-15-18-6-8-19(27)9-7-18/h3-13H,14-15H2,1-2H3,(H2,28,29,33). The van der Waals surface area contributed by atoms with Crippen molar-refractivity contribution in [1.29, 1.82) is 0 Å². The van der Waals surface area contributed by atoms with Crippen molar-refractivity contribution < 1.29 is 9.18 Å². The van der Waals surface area contributed by atoms with Crippen molar-refractivity contribution in [3.63, 3.8) is 0 Å². The van der Waals surface area contributed by atoms with Crippen LogP contribution in [0.3, 0.4) is 0 Å². The maximum absolute atomic E-state index is 13.2. The number of amides is 2. The fourth-order valence-electron chi connectivity index (χ4n) is 3.20. The van der Waals surface area contributed by atoms with E-state index >= 15 is 0 Å². The van der Waals surface area contributed by atoms with Gasteiger partial charge in [-0.25, -0.2) is 9.18 Å². The number of rotatable bonds is 7. The Morgan fingerprint density at radius 2 is 1.76 bits per heavy atom. The van der Waals surface area contributed by atoms with Gasteiger partial charge in [-0.2, -0.15) is 0 Å². The van der Waals surface area contributed by atoms with Gasteiger partial charge in [-0.3, -0.25) is 4.57 Å². The Morgan fingerprint density at radius 1 is 1.03 bits per heavy atom. The molecule has 1 heterocycles. The van der Waals surface area contributed by atoms with E-state index in [4.69, 9.17) is 11.6 Å². The van der Waals surface area contributed by atoms with Gasteiger partial charge in [0.2, 0.25) is 0 Å². The van der Waals surface area contributed by atoms with Crippen LogP contribution in [0.25, 0.3) is 5.69 Å². The zero-order chi connectivity index (χ0) is 24.1. The average Bonchev–Trinajstić information content (AvgIpc) is 3.23. The van der Waals surface area contributed by atoms with Crippen molar-refractivity contribution >= 4 is 35.1 Å². The van der Waals surface area contributed by atoms with E-state index in [1.165, 1.54) is 23.9 Å². The number of carbonyl (C=O) groups excluding carboxylic acids is 1. The Balaban J connectivity index is 1.50. The molecule has 4 aromatic rings. The topological polar surface area (TPSA) is 71.8 Å². The number of anilines is 1. The Kier molecular flexibility index (Phi) is 7.49. The minimum atomic E-state index is -0.376. The van der Waals surface area contributed by atoms with E-state index in [-0.39, 0.29) is 18.4 Å². The van der Waals surface area contributed by atoms with Crippen LogP contribution in [-0.4, -0.2) is 20.8 Å². The molecule has 0 fully saturated rings. The summed E-state index contributed by atoms with van der Waals surface area (Å²) in [6.07, 6.45) is 0. The molecule has 2 N–H and O–H groups in total. The molecule has 2 amide bonds. The van der Waals surface area contributed by atoms with Crippen molar-refractivity contribution in [2.24, 2.45) is 0 Å². The molecule has 34 heavy (non-hydrogen) atoms. The lowest BCUT2D eigenvalue weighted by Gasteiger charge is -2.12. The lowest BCUT2D eigenvalue weighted by Crippen LogP contribution is -2.29. The number of nitrogens with one attached hydrogen (secondary N) is 2. The number of carbonyl (C=O) groups is 1. The number of aromatic nitrogens is 3. The van der Waals surface area contributed by atoms with Gasteiger partial charge in [-0.05, 0) is 61.4 Å². The quantitative estimate of drug-likeness (QED) is 0.295. The van der Waals surface area contributed by atoms with Crippen LogP contribution < -0.4 is 10.6 Å². The third-order valence-corrected chi connectivity index (χ3v) is 6.52. The smallest absolute Gasteiger partial charge is 0.319 e. The molecular weight excluding hydrogens is 473 g/mol. The molecule has 0 unspecified atom stereocenters. The Hall–Kier alpha value is -3.36. The van der Waals surface area contributed by atoms with E-state index in [0.29, 0.717) is 27.4 Å². The molecule has 3 aromatic carbocycles. The van der Waals surface area contributed by atoms with Gasteiger partial charge in [0.1, 0.15) is 5.82 Å². The maximum atomic E-state index is 13.2. The molecule has 174 valence electrons. The molecule has 0 radical (unpaired) electrons. The zero-order valence-corrected chi connectivity index (χ0v) is 20.3. The number of urea groups is 1. The lowest BCUT2D eigenvalue weighted by molar-refractivity contribution is 0.251. The molecule has 0 aliphatic rings. The molecule has 0 aliphatic carbocycles. The van der Waals surface area contributed by atoms with Crippen LogP contribution in [0.15, 0.2) is 71.9 Å². The van der Waals surface area contributed by atoms with Crippen LogP contribution in [0, 0.1) is 19.7 Å². The fourth-order valence-corrected chi connectivity index (χ4v) is 4.30. The van der Waals surface area contributed by atoms with Gasteiger partial charge in [-0.1, -0.05) is 59.3 Å². The van der Waals surface area contributed by atoms with Crippen LogP contribution in [0.5, 0.6) is 0 Å². The van der Waals surface area contributed by atoms with E-state index in [2.05, 4.69) is 20.8 Å². The molecule has 0 atom stereocenters. The molecule has 0 saturated heterocycles. The third-order valence-electron chi connectivity index (χ3n) is 5.11. The van der Waals surface area contributed by atoms with Crippen molar-refractivity contribution in [1.82, 2.24) is 20.1 Å². The van der Waals surface area contributed by atoms with Gasteiger partial charge >= 0.3 is 6.03 Å². The van der Waals surface area contributed by atoms with Crippen molar-refractivity contribution in [2.45, 2.75) is 31.3 Å². The number of thioether (sulfide) groups is 1. The minimum absolute atomic E-state index is 0.170.